The molecule has 8 nitrogen and oxygen atoms in total. The topological polar surface area (TPSA) is 111 Å². The van der Waals surface area contributed by atoms with Crippen molar-refractivity contribution in [2.24, 2.45) is 0 Å². The van der Waals surface area contributed by atoms with E-state index in [1.54, 1.807) is 13.8 Å². The van der Waals surface area contributed by atoms with Crippen LogP contribution in [-0.2, 0) is 28.6 Å². The van der Waals surface area contributed by atoms with Gasteiger partial charge < -0.3 is 14.6 Å². The Morgan fingerprint density at radius 3 is 2.91 bits per heavy atom. The number of carbonyl (C=O) groups excluding carboxylic acids is 1. The fourth-order valence-corrected chi connectivity index (χ4v) is 5.33. The highest BCUT2D eigenvalue weighted by Crippen LogP contribution is 2.53. The minimum atomic E-state index is -3.82. The normalized spacial score (nSPS) is 42.3. The molecule has 0 aromatic rings. The molecule has 9 heteroatoms. The fourth-order valence-electron chi connectivity index (χ4n) is 3.31. The van der Waals surface area contributed by atoms with Crippen LogP contribution in [0.2, 0.25) is 0 Å². The maximum atomic E-state index is 12.1. The molecule has 0 radical (unpaired) electrons. The number of ether oxygens (including phenoxy) is 2. The molecule has 0 aromatic heterocycles. The van der Waals surface area contributed by atoms with Crippen LogP contribution < -0.4 is 5.32 Å². The first kappa shape index (κ1) is 15.9. The van der Waals surface area contributed by atoms with E-state index in [-0.39, 0.29) is 6.54 Å². The summed E-state index contributed by atoms with van der Waals surface area (Å²) in [4.78, 5) is 11.9. The quantitative estimate of drug-likeness (QED) is 0.286. The number of esters is 1. The summed E-state index contributed by atoms with van der Waals surface area (Å²) in [5.74, 6) is -0.662. The first-order valence-electron chi connectivity index (χ1n) is 7.00. The van der Waals surface area contributed by atoms with Crippen molar-refractivity contribution in [3.8, 4) is 0 Å². The average Bonchev–Trinajstić information content (AvgIpc) is 2.92. The van der Waals surface area contributed by atoms with Crippen molar-refractivity contribution >= 4 is 16.1 Å². The fraction of sp³-hybridized carbons (Fsp3) is 0.769. The monoisotopic (exact) mass is 333 g/mol. The molecule has 124 valence electrons. The van der Waals surface area contributed by atoms with Crippen LogP contribution in [-0.4, -0.2) is 61.4 Å². The Bertz CT molecular complexity index is 618. The summed E-state index contributed by atoms with van der Waals surface area (Å²) >= 11 is 0. The van der Waals surface area contributed by atoms with Crippen molar-refractivity contribution in [3.63, 3.8) is 0 Å². The summed E-state index contributed by atoms with van der Waals surface area (Å²) < 4.78 is 40.2. The van der Waals surface area contributed by atoms with E-state index in [1.807, 2.05) is 0 Å². The van der Waals surface area contributed by atoms with E-state index in [2.05, 4.69) is 11.9 Å². The molecular weight excluding hydrogens is 314 g/mol. The first-order valence-corrected chi connectivity index (χ1v) is 8.47. The van der Waals surface area contributed by atoms with E-state index < -0.39 is 51.5 Å². The standard InChI is InChI=1S/C13H19NO7S/c1-6(2)12(16)14-5-8(15)20-9-7-4-13(3)11(19-7)10(9)22(17,18)21-13/h7,9-12,14,16H,1,4-5H2,2-3H3. The van der Waals surface area contributed by atoms with E-state index in [0.29, 0.717) is 12.0 Å². The highest BCUT2D eigenvalue weighted by atomic mass is 32.2. The Hall–Kier alpha value is -1.00. The van der Waals surface area contributed by atoms with Gasteiger partial charge in [0.05, 0.1) is 12.6 Å². The summed E-state index contributed by atoms with van der Waals surface area (Å²) in [6.45, 7) is 6.59. The van der Waals surface area contributed by atoms with Crippen LogP contribution in [0.1, 0.15) is 20.3 Å². The number of hydrogen-bond donors (Lipinski definition) is 2. The van der Waals surface area contributed by atoms with E-state index in [0.717, 1.165) is 0 Å². The van der Waals surface area contributed by atoms with Crippen LogP contribution in [0.25, 0.3) is 0 Å². The second kappa shape index (κ2) is 5.00. The summed E-state index contributed by atoms with van der Waals surface area (Å²) in [5, 5.41) is 11.1. The molecule has 2 bridgehead atoms. The summed E-state index contributed by atoms with van der Waals surface area (Å²) in [6, 6.07) is 0. The number of aliphatic hydroxyl groups excluding tert-OH is 1. The first-order chi connectivity index (χ1) is 10.1. The molecule has 2 N–H and O–H groups in total. The second-order valence-electron chi connectivity index (χ2n) is 6.24. The van der Waals surface area contributed by atoms with Gasteiger partial charge in [-0.05, 0) is 19.4 Å². The lowest BCUT2D eigenvalue weighted by atomic mass is 9.84. The molecule has 0 spiro atoms. The predicted molar refractivity (Wildman–Crippen MR) is 74.2 cm³/mol. The zero-order chi connectivity index (χ0) is 16.3. The molecule has 0 aliphatic carbocycles. The number of fused-ring (bicyclic) bond motifs is 1. The van der Waals surface area contributed by atoms with Crippen LogP contribution in [0.5, 0.6) is 0 Å². The Morgan fingerprint density at radius 2 is 2.27 bits per heavy atom. The molecule has 22 heavy (non-hydrogen) atoms. The maximum Gasteiger partial charge on any atom is 0.320 e. The highest BCUT2D eigenvalue weighted by molar-refractivity contribution is 7.87. The second-order valence-corrected chi connectivity index (χ2v) is 7.93. The number of rotatable bonds is 5. The summed E-state index contributed by atoms with van der Waals surface area (Å²) in [5.41, 5.74) is -0.399. The van der Waals surface area contributed by atoms with Crippen molar-refractivity contribution < 1.29 is 32.0 Å². The van der Waals surface area contributed by atoms with Crippen LogP contribution in [0.3, 0.4) is 0 Å². The van der Waals surface area contributed by atoms with Gasteiger partial charge in [0.15, 0.2) is 5.25 Å². The van der Waals surface area contributed by atoms with Crippen molar-refractivity contribution in [1.29, 1.82) is 0 Å². The minimum absolute atomic E-state index is 0.257. The molecule has 3 aliphatic heterocycles. The molecule has 3 rings (SSSR count). The van der Waals surface area contributed by atoms with Crippen molar-refractivity contribution in [1.82, 2.24) is 5.32 Å². The average molecular weight is 333 g/mol. The van der Waals surface area contributed by atoms with Gasteiger partial charge in [-0.15, -0.1) is 0 Å². The van der Waals surface area contributed by atoms with Gasteiger partial charge in [-0.3, -0.25) is 14.3 Å². The van der Waals surface area contributed by atoms with Crippen LogP contribution in [0.15, 0.2) is 12.2 Å². The van der Waals surface area contributed by atoms with Crippen molar-refractivity contribution in [3.05, 3.63) is 12.2 Å². The lowest BCUT2D eigenvalue weighted by Crippen LogP contribution is -2.48. The zero-order valence-electron chi connectivity index (χ0n) is 12.3. The third-order valence-corrected chi connectivity index (χ3v) is 6.13. The van der Waals surface area contributed by atoms with Crippen LogP contribution in [0, 0.1) is 0 Å². The van der Waals surface area contributed by atoms with Gasteiger partial charge >= 0.3 is 5.97 Å². The number of nitrogens with one attached hydrogen (secondary N) is 1. The molecule has 3 aliphatic rings. The predicted octanol–water partition coefficient (Wildman–Crippen LogP) is -0.959. The van der Waals surface area contributed by atoms with Gasteiger partial charge in [-0.1, -0.05) is 6.58 Å². The van der Waals surface area contributed by atoms with Crippen molar-refractivity contribution in [2.75, 3.05) is 6.54 Å². The third-order valence-electron chi connectivity index (χ3n) is 4.33. The minimum Gasteiger partial charge on any atom is -0.457 e. The Balaban J connectivity index is 1.65. The van der Waals surface area contributed by atoms with E-state index in [9.17, 15) is 18.3 Å². The summed E-state index contributed by atoms with van der Waals surface area (Å²) in [6.07, 6.45) is -2.61. The largest absolute Gasteiger partial charge is 0.457 e. The molecule has 3 heterocycles. The number of hydrogen-bond acceptors (Lipinski definition) is 8. The molecule has 6 atom stereocenters. The van der Waals surface area contributed by atoms with Gasteiger partial charge in [-0.25, -0.2) is 0 Å². The number of carbonyl (C=O) groups is 1. The molecule has 0 aromatic carbocycles. The van der Waals surface area contributed by atoms with Gasteiger partial charge in [0.1, 0.15) is 24.0 Å². The van der Waals surface area contributed by atoms with Gasteiger partial charge in [-0.2, -0.15) is 8.42 Å². The van der Waals surface area contributed by atoms with Crippen LogP contribution >= 0.6 is 0 Å². The zero-order valence-corrected chi connectivity index (χ0v) is 13.1. The smallest absolute Gasteiger partial charge is 0.320 e. The Kier molecular flexibility index (Phi) is 3.61. The molecule has 3 fully saturated rings. The van der Waals surface area contributed by atoms with Crippen molar-refractivity contribution in [2.45, 2.75) is 55.7 Å². The van der Waals surface area contributed by atoms with Gasteiger partial charge in [0, 0.05) is 6.42 Å². The molecular formula is C13H19NO7S. The molecule has 0 saturated carbocycles. The number of aliphatic hydroxyl groups is 1. The molecule has 0 amide bonds. The highest BCUT2D eigenvalue weighted by Gasteiger charge is 2.73. The van der Waals surface area contributed by atoms with E-state index >= 15 is 0 Å². The van der Waals surface area contributed by atoms with Gasteiger partial charge in [0.2, 0.25) is 0 Å². The molecule has 6 unspecified atom stereocenters. The molecule has 3 saturated heterocycles. The Labute approximate surface area is 128 Å². The third kappa shape index (κ3) is 2.37. The summed E-state index contributed by atoms with van der Waals surface area (Å²) in [7, 11) is -3.82. The lowest BCUT2D eigenvalue weighted by Gasteiger charge is -2.26. The van der Waals surface area contributed by atoms with E-state index in [1.165, 1.54) is 0 Å². The Morgan fingerprint density at radius 1 is 1.59 bits per heavy atom. The lowest BCUT2D eigenvalue weighted by molar-refractivity contribution is -0.150. The SMILES string of the molecule is C=C(C)C(O)NCC(=O)OC1C2CC3(C)OS(=O)(=O)C1C3O2. The van der Waals surface area contributed by atoms with Gasteiger partial charge in [0.25, 0.3) is 10.1 Å². The maximum absolute atomic E-state index is 12.1. The van der Waals surface area contributed by atoms with Crippen LogP contribution in [0.4, 0.5) is 0 Å². The van der Waals surface area contributed by atoms with E-state index in [4.69, 9.17) is 13.7 Å².